The van der Waals surface area contributed by atoms with Crippen LogP contribution in [0, 0.1) is 0 Å². The Kier molecular flexibility index (Phi) is 7.65. The number of anilines is 1. The van der Waals surface area contributed by atoms with Crippen molar-refractivity contribution in [2.45, 2.75) is 27.2 Å². The van der Waals surface area contributed by atoms with Gasteiger partial charge < -0.3 is 15.5 Å². The molecule has 0 saturated carbocycles. The number of aromatic nitrogens is 1. The van der Waals surface area contributed by atoms with E-state index in [1.54, 1.807) is 12.4 Å². The van der Waals surface area contributed by atoms with Crippen molar-refractivity contribution in [3.63, 3.8) is 0 Å². The molecule has 0 unspecified atom stereocenters. The van der Waals surface area contributed by atoms with Crippen molar-refractivity contribution in [3.05, 3.63) is 24.0 Å². The van der Waals surface area contributed by atoms with E-state index in [-0.39, 0.29) is 5.91 Å². The minimum absolute atomic E-state index is 0.0680. The molecule has 0 aliphatic heterocycles. The van der Waals surface area contributed by atoms with Gasteiger partial charge in [0.1, 0.15) is 0 Å². The number of hydrogen-bond acceptors (Lipinski definition) is 4. The van der Waals surface area contributed by atoms with E-state index in [0.717, 1.165) is 38.3 Å². The highest BCUT2D eigenvalue weighted by Crippen LogP contribution is 2.12. The van der Waals surface area contributed by atoms with Crippen molar-refractivity contribution in [3.8, 4) is 0 Å². The fourth-order valence-corrected chi connectivity index (χ4v) is 2.09. The topological polar surface area (TPSA) is 57.3 Å². The molecular formula is C15H26N4O. The predicted octanol–water partition coefficient (Wildman–Crippen LogP) is 1.98. The first kappa shape index (κ1) is 16.4. The maximum Gasteiger partial charge on any atom is 0.254 e. The lowest BCUT2D eigenvalue weighted by molar-refractivity contribution is 0.0949. The molecule has 5 heteroatoms. The molecule has 2 N–H and O–H groups in total. The molecular weight excluding hydrogens is 252 g/mol. The summed E-state index contributed by atoms with van der Waals surface area (Å²) in [6.07, 6.45) is 4.43. The van der Waals surface area contributed by atoms with Crippen LogP contribution >= 0.6 is 0 Å². The second-order valence-electron chi connectivity index (χ2n) is 4.64. The zero-order chi connectivity index (χ0) is 14.8. The molecule has 5 nitrogen and oxygen atoms in total. The molecule has 0 bridgehead atoms. The third-order valence-corrected chi connectivity index (χ3v) is 3.13. The first-order chi connectivity index (χ1) is 9.72. The monoisotopic (exact) mass is 278 g/mol. The van der Waals surface area contributed by atoms with Crippen LogP contribution in [0.1, 0.15) is 37.6 Å². The zero-order valence-corrected chi connectivity index (χ0v) is 12.8. The summed E-state index contributed by atoms with van der Waals surface area (Å²) in [6, 6.07) is 1.83. The average molecular weight is 278 g/mol. The molecule has 0 aromatic carbocycles. The number of hydrogen-bond donors (Lipinski definition) is 2. The van der Waals surface area contributed by atoms with E-state index < -0.39 is 0 Å². The van der Waals surface area contributed by atoms with Crippen molar-refractivity contribution in [2.24, 2.45) is 0 Å². The first-order valence-corrected chi connectivity index (χ1v) is 7.41. The maximum atomic E-state index is 12.2. The van der Waals surface area contributed by atoms with E-state index in [1.807, 2.05) is 13.0 Å². The Labute approximate surface area is 121 Å². The van der Waals surface area contributed by atoms with Crippen molar-refractivity contribution in [1.29, 1.82) is 0 Å². The van der Waals surface area contributed by atoms with Gasteiger partial charge in [0.25, 0.3) is 5.91 Å². The minimum Gasteiger partial charge on any atom is -0.385 e. The number of likely N-dealkylation sites (N-methyl/N-ethyl adjacent to an activating group) is 1. The van der Waals surface area contributed by atoms with E-state index >= 15 is 0 Å². The minimum atomic E-state index is -0.0680. The van der Waals surface area contributed by atoms with Crippen LogP contribution in [0.5, 0.6) is 0 Å². The quantitative estimate of drug-likeness (QED) is 0.725. The molecule has 0 saturated heterocycles. The molecule has 112 valence electrons. The highest BCUT2D eigenvalue weighted by Gasteiger charge is 2.11. The second kappa shape index (κ2) is 9.31. The summed E-state index contributed by atoms with van der Waals surface area (Å²) in [4.78, 5) is 18.5. The number of carbonyl (C=O) groups excluding carboxylic acids is 1. The van der Waals surface area contributed by atoms with E-state index in [4.69, 9.17) is 0 Å². The predicted molar refractivity (Wildman–Crippen MR) is 83.1 cm³/mol. The lowest BCUT2D eigenvalue weighted by Crippen LogP contribution is -2.35. The molecule has 0 aliphatic rings. The first-order valence-electron chi connectivity index (χ1n) is 7.41. The molecule has 0 radical (unpaired) electrons. The maximum absolute atomic E-state index is 12.2. The Morgan fingerprint density at radius 1 is 1.30 bits per heavy atom. The normalized spacial score (nSPS) is 10.6. The van der Waals surface area contributed by atoms with Crippen LogP contribution in [0.15, 0.2) is 18.5 Å². The van der Waals surface area contributed by atoms with Crippen LogP contribution < -0.4 is 10.6 Å². The Bertz CT molecular complexity index is 409. The molecule has 1 heterocycles. The van der Waals surface area contributed by atoms with Gasteiger partial charge in [0.05, 0.1) is 11.3 Å². The number of nitrogens with zero attached hydrogens (tertiary/aromatic N) is 2. The van der Waals surface area contributed by atoms with E-state index in [1.165, 1.54) is 0 Å². The standard InChI is InChI=1S/C15H26N4O/c1-4-10-19(6-3)11-9-18-15(20)13-12-16-8-7-14(13)17-5-2/h7-8,12H,4-6,9-11H2,1-3H3,(H,16,17)(H,18,20). The fourth-order valence-electron chi connectivity index (χ4n) is 2.09. The van der Waals surface area contributed by atoms with Gasteiger partial charge in [-0.3, -0.25) is 9.78 Å². The van der Waals surface area contributed by atoms with Gasteiger partial charge >= 0.3 is 0 Å². The van der Waals surface area contributed by atoms with Gasteiger partial charge in [0, 0.05) is 32.0 Å². The summed E-state index contributed by atoms with van der Waals surface area (Å²) in [5.41, 5.74) is 1.44. The summed E-state index contributed by atoms with van der Waals surface area (Å²) < 4.78 is 0. The molecule has 1 rings (SSSR count). The van der Waals surface area contributed by atoms with Gasteiger partial charge in [0.2, 0.25) is 0 Å². The highest BCUT2D eigenvalue weighted by atomic mass is 16.1. The van der Waals surface area contributed by atoms with Crippen molar-refractivity contribution >= 4 is 11.6 Å². The van der Waals surface area contributed by atoms with Crippen LogP contribution in [0.3, 0.4) is 0 Å². The van der Waals surface area contributed by atoms with Crippen molar-refractivity contribution in [1.82, 2.24) is 15.2 Å². The number of nitrogens with one attached hydrogen (secondary N) is 2. The third kappa shape index (κ3) is 5.17. The van der Waals surface area contributed by atoms with Gasteiger partial charge in [-0.05, 0) is 32.5 Å². The van der Waals surface area contributed by atoms with Gasteiger partial charge in [-0.25, -0.2) is 0 Å². The van der Waals surface area contributed by atoms with Crippen LogP contribution in [0.2, 0.25) is 0 Å². The summed E-state index contributed by atoms with van der Waals surface area (Å²) in [7, 11) is 0. The highest BCUT2D eigenvalue weighted by molar-refractivity contribution is 5.99. The number of amides is 1. The van der Waals surface area contributed by atoms with E-state index in [0.29, 0.717) is 12.1 Å². The molecule has 0 spiro atoms. The Hall–Kier alpha value is -1.62. The van der Waals surface area contributed by atoms with Gasteiger partial charge in [-0.2, -0.15) is 0 Å². The Morgan fingerprint density at radius 3 is 2.75 bits per heavy atom. The molecule has 1 aromatic heterocycles. The number of rotatable bonds is 9. The van der Waals surface area contributed by atoms with Gasteiger partial charge in [-0.1, -0.05) is 13.8 Å². The second-order valence-corrected chi connectivity index (χ2v) is 4.64. The summed E-state index contributed by atoms with van der Waals surface area (Å²) in [6.45, 7) is 10.7. The molecule has 0 atom stereocenters. The summed E-state index contributed by atoms with van der Waals surface area (Å²) in [5, 5.41) is 6.14. The van der Waals surface area contributed by atoms with Crippen molar-refractivity contribution < 1.29 is 4.79 Å². The Balaban J connectivity index is 2.50. The smallest absolute Gasteiger partial charge is 0.254 e. The SMILES string of the molecule is CCCN(CC)CCNC(=O)c1cnccc1NCC. The summed E-state index contributed by atoms with van der Waals surface area (Å²) in [5.74, 6) is -0.0680. The largest absolute Gasteiger partial charge is 0.385 e. The molecule has 0 aliphatic carbocycles. The average Bonchev–Trinajstić information content (AvgIpc) is 2.47. The lowest BCUT2D eigenvalue weighted by Gasteiger charge is -2.19. The van der Waals surface area contributed by atoms with Gasteiger partial charge in [-0.15, -0.1) is 0 Å². The fraction of sp³-hybridized carbons (Fsp3) is 0.600. The van der Waals surface area contributed by atoms with Crippen LogP contribution in [-0.4, -0.2) is 48.5 Å². The van der Waals surface area contributed by atoms with Crippen LogP contribution in [-0.2, 0) is 0 Å². The lowest BCUT2D eigenvalue weighted by atomic mass is 10.2. The van der Waals surface area contributed by atoms with Crippen LogP contribution in [0.25, 0.3) is 0 Å². The van der Waals surface area contributed by atoms with E-state index in [9.17, 15) is 4.79 Å². The van der Waals surface area contributed by atoms with Crippen LogP contribution in [0.4, 0.5) is 5.69 Å². The van der Waals surface area contributed by atoms with Crippen molar-refractivity contribution in [2.75, 3.05) is 38.0 Å². The van der Waals surface area contributed by atoms with E-state index in [2.05, 4.69) is 34.4 Å². The third-order valence-electron chi connectivity index (χ3n) is 3.13. The number of carbonyl (C=O) groups is 1. The molecule has 0 fully saturated rings. The van der Waals surface area contributed by atoms with Gasteiger partial charge in [0.15, 0.2) is 0 Å². The molecule has 20 heavy (non-hydrogen) atoms. The molecule has 1 amide bonds. The summed E-state index contributed by atoms with van der Waals surface area (Å²) >= 11 is 0. The molecule has 1 aromatic rings. The Morgan fingerprint density at radius 2 is 2.10 bits per heavy atom. The number of pyridine rings is 1. The zero-order valence-electron chi connectivity index (χ0n) is 12.8.